The molecule has 1 heterocycles. The van der Waals surface area contributed by atoms with Gasteiger partial charge in [-0.15, -0.1) is 0 Å². The lowest BCUT2D eigenvalue weighted by Crippen LogP contribution is -2.16. The molecule has 1 rings (SSSR count). The highest BCUT2D eigenvalue weighted by atomic mass is 16.5. The topological polar surface area (TPSA) is 71.5 Å². The van der Waals surface area contributed by atoms with E-state index in [0.717, 1.165) is 12.0 Å². The molecule has 94 valence electrons. The Balaban J connectivity index is 2.89. The summed E-state index contributed by atoms with van der Waals surface area (Å²) in [5, 5.41) is 12.3. The first-order valence-corrected chi connectivity index (χ1v) is 5.57. The summed E-state index contributed by atoms with van der Waals surface area (Å²) in [6.45, 7) is 7.55. The zero-order chi connectivity index (χ0) is 13.0. The summed E-state index contributed by atoms with van der Waals surface area (Å²) < 4.78 is 4.91. The van der Waals surface area contributed by atoms with E-state index in [1.807, 2.05) is 6.92 Å². The zero-order valence-electron chi connectivity index (χ0n) is 10.6. The van der Waals surface area contributed by atoms with Crippen molar-refractivity contribution in [2.24, 2.45) is 0 Å². The molecule has 17 heavy (non-hydrogen) atoms. The van der Waals surface area contributed by atoms with Gasteiger partial charge in [0.2, 0.25) is 0 Å². The minimum absolute atomic E-state index is 0.162. The molecule has 0 bridgehead atoms. The molecule has 0 saturated heterocycles. The van der Waals surface area contributed by atoms with Gasteiger partial charge in [-0.25, -0.2) is 9.78 Å². The lowest BCUT2D eigenvalue weighted by molar-refractivity contribution is 0.161. The van der Waals surface area contributed by atoms with Crippen LogP contribution in [0.5, 0.6) is 5.75 Å². The molecular weight excluding hydrogens is 220 g/mol. The van der Waals surface area contributed by atoms with Gasteiger partial charge in [-0.3, -0.25) is 5.32 Å². The summed E-state index contributed by atoms with van der Waals surface area (Å²) in [6, 6.07) is 0. The fourth-order valence-corrected chi connectivity index (χ4v) is 1.38. The van der Waals surface area contributed by atoms with Crippen LogP contribution in [0.3, 0.4) is 0 Å². The molecule has 1 aromatic rings. The van der Waals surface area contributed by atoms with E-state index in [2.05, 4.69) is 10.3 Å². The van der Waals surface area contributed by atoms with Gasteiger partial charge in [0, 0.05) is 0 Å². The highest BCUT2D eigenvalue weighted by molar-refractivity contribution is 5.84. The van der Waals surface area contributed by atoms with Crippen LogP contribution in [0, 0.1) is 20.8 Å². The molecule has 5 heteroatoms. The van der Waals surface area contributed by atoms with Crippen LogP contribution in [0.25, 0.3) is 0 Å². The van der Waals surface area contributed by atoms with E-state index in [9.17, 15) is 9.90 Å². The zero-order valence-corrected chi connectivity index (χ0v) is 10.6. The van der Waals surface area contributed by atoms with Gasteiger partial charge in [-0.1, -0.05) is 6.92 Å². The number of pyridine rings is 1. The summed E-state index contributed by atoms with van der Waals surface area (Å²) >= 11 is 0. The predicted molar refractivity (Wildman–Crippen MR) is 65.4 cm³/mol. The first-order valence-electron chi connectivity index (χ1n) is 5.57. The number of hydrogen-bond acceptors (Lipinski definition) is 4. The lowest BCUT2D eigenvalue weighted by atomic mass is 10.1. The summed E-state index contributed by atoms with van der Waals surface area (Å²) in [4.78, 5) is 15.5. The van der Waals surface area contributed by atoms with E-state index < -0.39 is 6.09 Å². The Bertz CT molecular complexity index is 430. The predicted octanol–water partition coefficient (Wildman–Crippen LogP) is 2.67. The maximum Gasteiger partial charge on any atom is 0.412 e. The molecule has 0 fully saturated rings. The van der Waals surface area contributed by atoms with Crippen molar-refractivity contribution in [3.05, 3.63) is 16.8 Å². The van der Waals surface area contributed by atoms with Crippen molar-refractivity contribution in [1.29, 1.82) is 0 Å². The maximum atomic E-state index is 11.4. The number of aryl methyl sites for hydroxylation is 1. The molecule has 0 aliphatic rings. The van der Waals surface area contributed by atoms with Gasteiger partial charge in [0.05, 0.1) is 12.3 Å². The van der Waals surface area contributed by atoms with Crippen LogP contribution in [-0.4, -0.2) is 22.8 Å². The third-order valence-corrected chi connectivity index (χ3v) is 2.55. The van der Waals surface area contributed by atoms with Gasteiger partial charge in [-0.05, 0) is 38.3 Å². The van der Waals surface area contributed by atoms with Crippen molar-refractivity contribution >= 4 is 11.9 Å². The van der Waals surface area contributed by atoms with Crippen LogP contribution >= 0.6 is 0 Å². The number of carbonyl (C=O) groups is 1. The highest BCUT2D eigenvalue weighted by Gasteiger charge is 2.13. The second-order valence-electron chi connectivity index (χ2n) is 3.91. The molecule has 0 saturated carbocycles. The van der Waals surface area contributed by atoms with Crippen molar-refractivity contribution in [1.82, 2.24) is 4.98 Å². The van der Waals surface area contributed by atoms with E-state index in [4.69, 9.17) is 4.74 Å². The number of aromatic hydroxyl groups is 1. The van der Waals surface area contributed by atoms with Crippen molar-refractivity contribution < 1.29 is 14.6 Å². The average Bonchev–Trinajstić information content (AvgIpc) is 2.30. The Hall–Kier alpha value is -1.78. The molecule has 2 N–H and O–H groups in total. The first kappa shape index (κ1) is 13.3. The lowest BCUT2D eigenvalue weighted by Gasteiger charge is -2.12. The van der Waals surface area contributed by atoms with Crippen LogP contribution in [0.2, 0.25) is 0 Å². The van der Waals surface area contributed by atoms with Gasteiger partial charge in [0.15, 0.2) is 0 Å². The Morgan fingerprint density at radius 2 is 2.00 bits per heavy atom. The van der Waals surface area contributed by atoms with E-state index >= 15 is 0 Å². The molecule has 5 nitrogen and oxygen atoms in total. The largest absolute Gasteiger partial charge is 0.506 e. The number of aromatic nitrogens is 1. The monoisotopic (exact) mass is 238 g/mol. The highest BCUT2D eigenvalue weighted by Crippen LogP contribution is 2.27. The smallest absolute Gasteiger partial charge is 0.412 e. The van der Waals surface area contributed by atoms with Crippen molar-refractivity contribution in [3.63, 3.8) is 0 Å². The van der Waals surface area contributed by atoms with Crippen molar-refractivity contribution in [2.75, 3.05) is 11.9 Å². The maximum absolute atomic E-state index is 11.4. The van der Waals surface area contributed by atoms with Crippen molar-refractivity contribution in [3.8, 4) is 5.75 Å². The standard InChI is InChI=1S/C12H18N2O3/c1-5-6-17-12(16)14-11-8(3)7(2)10(15)9(4)13-11/h15H,5-6H2,1-4H3,(H,13,14,16). The number of hydrogen-bond donors (Lipinski definition) is 2. The Morgan fingerprint density at radius 3 is 2.59 bits per heavy atom. The number of rotatable bonds is 3. The Morgan fingerprint density at radius 1 is 1.35 bits per heavy atom. The van der Waals surface area contributed by atoms with Crippen LogP contribution in [0.4, 0.5) is 10.6 Å². The number of ether oxygens (including phenoxy) is 1. The van der Waals surface area contributed by atoms with Crippen LogP contribution < -0.4 is 5.32 Å². The quantitative estimate of drug-likeness (QED) is 0.849. The molecule has 0 aliphatic heterocycles. The summed E-state index contributed by atoms with van der Waals surface area (Å²) in [6.07, 6.45) is 0.250. The van der Waals surface area contributed by atoms with Gasteiger partial charge >= 0.3 is 6.09 Å². The SMILES string of the molecule is CCCOC(=O)Nc1nc(C)c(O)c(C)c1C. The normalized spacial score (nSPS) is 10.1. The summed E-state index contributed by atoms with van der Waals surface area (Å²) in [7, 11) is 0. The fourth-order valence-electron chi connectivity index (χ4n) is 1.38. The third kappa shape index (κ3) is 3.09. The molecule has 0 aromatic carbocycles. The first-order chi connectivity index (χ1) is 7.97. The average molecular weight is 238 g/mol. The van der Waals surface area contributed by atoms with E-state index in [0.29, 0.717) is 23.7 Å². The van der Waals surface area contributed by atoms with Gasteiger partial charge < -0.3 is 9.84 Å². The van der Waals surface area contributed by atoms with Crippen LogP contribution in [0.15, 0.2) is 0 Å². The van der Waals surface area contributed by atoms with E-state index in [-0.39, 0.29) is 5.75 Å². The van der Waals surface area contributed by atoms with E-state index in [1.165, 1.54) is 0 Å². The second-order valence-corrected chi connectivity index (χ2v) is 3.91. The summed E-state index contributed by atoms with van der Waals surface area (Å²) in [5.74, 6) is 0.592. The molecule has 1 amide bonds. The van der Waals surface area contributed by atoms with Crippen LogP contribution in [0.1, 0.15) is 30.2 Å². The van der Waals surface area contributed by atoms with Gasteiger partial charge in [0.25, 0.3) is 0 Å². The minimum atomic E-state index is -0.521. The third-order valence-electron chi connectivity index (χ3n) is 2.55. The second kappa shape index (κ2) is 5.52. The molecule has 0 radical (unpaired) electrons. The van der Waals surface area contributed by atoms with Gasteiger partial charge in [0.1, 0.15) is 11.6 Å². The van der Waals surface area contributed by atoms with Crippen molar-refractivity contribution in [2.45, 2.75) is 34.1 Å². The molecule has 0 atom stereocenters. The number of carbonyl (C=O) groups excluding carboxylic acids is 1. The molecule has 0 unspecified atom stereocenters. The molecule has 0 aliphatic carbocycles. The number of amides is 1. The molecule has 1 aromatic heterocycles. The van der Waals surface area contributed by atoms with Crippen LogP contribution in [-0.2, 0) is 4.74 Å². The molecular formula is C12H18N2O3. The van der Waals surface area contributed by atoms with Gasteiger partial charge in [-0.2, -0.15) is 0 Å². The summed E-state index contributed by atoms with van der Waals surface area (Å²) in [5.41, 5.74) is 1.93. The minimum Gasteiger partial charge on any atom is -0.506 e. The number of anilines is 1. The number of nitrogens with one attached hydrogen (secondary N) is 1. The Labute approximate surface area is 101 Å². The number of nitrogens with zero attached hydrogens (tertiary/aromatic N) is 1. The molecule has 0 spiro atoms. The Kier molecular flexibility index (Phi) is 4.31. The fraction of sp³-hybridized carbons (Fsp3) is 0.500. The van der Waals surface area contributed by atoms with E-state index in [1.54, 1.807) is 20.8 Å².